The highest BCUT2D eigenvalue weighted by atomic mass is 79.9. The van der Waals surface area contributed by atoms with Crippen LogP contribution in [0.1, 0.15) is 5.56 Å². The van der Waals surface area contributed by atoms with E-state index in [1.807, 2.05) is 4.90 Å². The molecule has 2 rings (SSSR count). The largest absolute Gasteiger partial charge is 0.389 e. The summed E-state index contributed by atoms with van der Waals surface area (Å²) in [6.07, 6.45) is -1.36. The molecule has 1 aliphatic heterocycles. The van der Waals surface area contributed by atoms with Crippen molar-refractivity contribution in [3.05, 3.63) is 34.1 Å². The van der Waals surface area contributed by atoms with Crippen LogP contribution in [0.25, 0.3) is 0 Å². The zero-order chi connectivity index (χ0) is 11.7. The second-order valence-corrected chi connectivity index (χ2v) is 4.92. The molecule has 2 N–H and O–H groups in total. The molecule has 3 nitrogen and oxygen atoms in total. The molecule has 0 saturated carbocycles. The number of β-amino-alcohol motifs (C(OH)–C–C–N with tert-alkyl or cyclic N) is 2. The lowest BCUT2D eigenvalue weighted by atomic mass is 10.2. The van der Waals surface area contributed by atoms with E-state index >= 15 is 0 Å². The van der Waals surface area contributed by atoms with Crippen molar-refractivity contribution in [3.8, 4) is 0 Å². The van der Waals surface area contributed by atoms with Gasteiger partial charge in [0, 0.05) is 24.1 Å². The molecule has 1 fully saturated rings. The van der Waals surface area contributed by atoms with Crippen molar-refractivity contribution in [2.75, 3.05) is 13.1 Å². The van der Waals surface area contributed by atoms with Crippen LogP contribution < -0.4 is 0 Å². The summed E-state index contributed by atoms with van der Waals surface area (Å²) in [4.78, 5) is 1.94. The summed E-state index contributed by atoms with van der Waals surface area (Å²) in [5, 5.41) is 18.8. The monoisotopic (exact) mass is 289 g/mol. The normalized spacial score (nSPS) is 26.2. The summed E-state index contributed by atoms with van der Waals surface area (Å²) in [6, 6.07) is 4.53. The lowest BCUT2D eigenvalue weighted by Gasteiger charge is -2.15. The Morgan fingerprint density at radius 2 is 1.94 bits per heavy atom. The first-order valence-corrected chi connectivity index (χ1v) is 5.88. The van der Waals surface area contributed by atoms with E-state index in [1.165, 1.54) is 12.1 Å². The summed E-state index contributed by atoms with van der Waals surface area (Å²) in [7, 11) is 0. The van der Waals surface area contributed by atoms with Crippen LogP contribution >= 0.6 is 15.9 Å². The number of aliphatic hydroxyl groups is 2. The molecule has 0 spiro atoms. The van der Waals surface area contributed by atoms with Gasteiger partial charge in [0.1, 0.15) is 5.82 Å². The minimum Gasteiger partial charge on any atom is -0.389 e. The number of hydrogen-bond donors (Lipinski definition) is 2. The molecule has 2 atom stereocenters. The Hall–Kier alpha value is -0.490. The number of likely N-dealkylation sites (tertiary alicyclic amines) is 1. The number of benzene rings is 1. The Bertz CT molecular complexity index is 378. The van der Waals surface area contributed by atoms with Crippen LogP contribution in [0, 0.1) is 5.82 Å². The number of aliphatic hydroxyl groups excluding tert-OH is 2. The van der Waals surface area contributed by atoms with Crippen molar-refractivity contribution < 1.29 is 14.6 Å². The summed E-state index contributed by atoms with van der Waals surface area (Å²) in [6.45, 7) is 1.49. The van der Waals surface area contributed by atoms with E-state index in [-0.39, 0.29) is 5.82 Å². The van der Waals surface area contributed by atoms with Gasteiger partial charge in [0.2, 0.25) is 0 Å². The van der Waals surface area contributed by atoms with Gasteiger partial charge in [-0.2, -0.15) is 0 Å². The topological polar surface area (TPSA) is 43.7 Å². The highest BCUT2D eigenvalue weighted by Gasteiger charge is 2.29. The van der Waals surface area contributed by atoms with Gasteiger partial charge < -0.3 is 10.2 Å². The van der Waals surface area contributed by atoms with Crippen molar-refractivity contribution in [2.45, 2.75) is 18.8 Å². The van der Waals surface area contributed by atoms with Crippen LogP contribution in [0.15, 0.2) is 22.7 Å². The Balaban J connectivity index is 2.05. The first-order valence-electron chi connectivity index (χ1n) is 5.08. The van der Waals surface area contributed by atoms with Gasteiger partial charge in [-0.25, -0.2) is 4.39 Å². The zero-order valence-electron chi connectivity index (χ0n) is 8.61. The van der Waals surface area contributed by atoms with Crippen molar-refractivity contribution >= 4 is 15.9 Å². The quantitative estimate of drug-likeness (QED) is 0.858. The van der Waals surface area contributed by atoms with Gasteiger partial charge in [-0.05, 0) is 17.7 Å². The Kier molecular flexibility index (Phi) is 3.59. The highest BCUT2D eigenvalue weighted by molar-refractivity contribution is 9.10. The summed E-state index contributed by atoms with van der Waals surface area (Å²) >= 11 is 3.29. The number of hydrogen-bond acceptors (Lipinski definition) is 3. The third-order valence-corrected chi connectivity index (χ3v) is 3.48. The fourth-order valence-corrected chi connectivity index (χ4v) is 2.34. The lowest BCUT2D eigenvalue weighted by molar-refractivity contribution is 0.0572. The maximum absolute atomic E-state index is 12.9. The van der Waals surface area contributed by atoms with E-state index in [2.05, 4.69) is 15.9 Å². The van der Waals surface area contributed by atoms with Crippen molar-refractivity contribution in [1.82, 2.24) is 4.90 Å². The molecule has 0 amide bonds. The molecule has 1 aromatic rings. The van der Waals surface area contributed by atoms with Gasteiger partial charge in [-0.15, -0.1) is 0 Å². The molecule has 16 heavy (non-hydrogen) atoms. The number of halogens is 2. The second-order valence-electron chi connectivity index (χ2n) is 4.06. The molecule has 1 heterocycles. The molecule has 5 heteroatoms. The van der Waals surface area contributed by atoms with Crippen LogP contribution in [-0.4, -0.2) is 40.4 Å². The number of nitrogens with zero attached hydrogens (tertiary/aromatic N) is 1. The maximum Gasteiger partial charge on any atom is 0.124 e. The predicted molar refractivity (Wildman–Crippen MR) is 61.4 cm³/mol. The Morgan fingerprint density at radius 3 is 2.50 bits per heavy atom. The van der Waals surface area contributed by atoms with Gasteiger partial charge >= 0.3 is 0 Å². The van der Waals surface area contributed by atoms with E-state index in [4.69, 9.17) is 0 Å². The van der Waals surface area contributed by atoms with Gasteiger partial charge in [0.15, 0.2) is 0 Å². The standard InChI is InChI=1S/C11H13BrFNO2/c12-9-3-8(13)2-1-7(9)4-14-5-10(15)11(16)6-14/h1-3,10-11,15-16H,4-6H2. The van der Waals surface area contributed by atoms with Gasteiger partial charge in [0.05, 0.1) is 12.2 Å². The van der Waals surface area contributed by atoms with E-state index in [9.17, 15) is 14.6 Å². The van der Waals surface area contributed by atoms with Gasteiger partial charge in [-0.1, -0.05) is 22.0 Å². The third kappa shape index (κ3) is 2.60. The molecule has 0 aliphatic carbocycles. The fourth-order valence-electron chi connectivity index (χ4n) is 1.87. The van der Waals surface area contributed by atoms with E-state index < -0.39 is 12.2 Å². The second kappa shape index (κ2) is 4.79. The van der Waals surface area contributed by atoms with Gasteiger partial charge in [0.25, 0.3) is 0 Å². The van der Waals surface area contributed by atoms with E-state index in [1.54, 1.807) is 6.07 Å². The van der Waals surface area contributed by atoms with Crippen LogP contribution in [0.5, 0.6) is 0 Å². The van der Waals surface area contributed by atoms with Crippen LogP contribution in [0.3, 0.4) is 0 Å². The summed E-state index contributed by atoms with van der Waals surface area (Å²) < 4.78 is 13.6. The smallest absolute Gasteiger partial charge is 0.124 e. The molecule has 0 radical (unpaired) electrons. The van der Waals surface area contributed by atoms with Gasteiger partial charge in [-0.3, -0.25) is 4.90 Å². The average molecular weight is 290 g/mol. The number of rotatable bonds is 2. The molecule has 1 aliphatic rings. The Labute approximate surface area is 102 Å². The van der Waals surface area contributed by atoms with Crippen LogP contribution in [-0.2, 0) is 6.54 Å². The van der Waals surface area contributed by atoms with Crippen molar-refractivity contribution in [3.63, 3.8) is 0 Å². The minimum absolute atomic E-state index is 0.280. The third-order valence-electron chi connectivity index (χ3n) is 2.74. The molecule has 88 valence electrons. The maximum atomic E-state index is 12.9. The lowest BCUT2D eigenvalue weighted by Crippen LogP contribution is -2.22. The molecule has 1 saturated heterocycles. The minimum atomic E-state index is -0.681. The average Bonchev–Trinajstić information content (AvgIpc) is 2.51. The molecule has 1 aromatic carbocycles. The highest BCUT2D eigenvalue weighted by Crippen LogP contribution is 2.21. The Morgan fingerprint density at radius 1 is 1.31 bits per heavy atom. The first kappa shape index (κ1) is 12.0. The van der Waals surface area contributed by atoms with Crippen LogP contribution in [0.4, 0.5) is 4.39 Å². The molecule has 0 aromatic heterocycles. The van der Waals surface area contributed by atoms with E-state index in [0.717, 1.165) is 5.56 Å². The molecular formula is C11H13BrFNO2. The van der Waals surface area contributed by atoms with E-state index in [0.29, 0.717) is 24.1 Å². The summed E-state index contributed by atoms with van der Waals surface area (Å²) in [5.74, 6) is -0.280. The zero-order valence-corrected chi connectivity index (χ0v) is 10.2. The molecule has 0 bridgehead atoms. The van der Waals surface area contributed by atoms with Crippen LogP contribution in [0.2, 0.25) is 0 Å². The predicted octanol–water partition coefficient (Wildman–Crippen LogP) is 1.13. The molecule has 2 unspecified atom stereocenters. The SMILES string of the molecule is OC1CN(Cc2ccc(F)cc2Br)CC1O. The van der Waals surface area contributed by atoms with Crippen molar-refractivity contribution in [2.24, 2.45) is 0 Å². The fraction of sp³-hybridized carbons (Fsp3) is 0.455. The summed E-state index contributed by atoms with van der Waals surface area (Å²) in [5.41, 5.74) is 0.947. The first-order chi connectivity index (χ1) is 7.56. The van der Waals surface area contributed by atoms with Crippen molar-refractivity contribution in [1.29, 1.82) is 0 Å². The molecular weight excluding hydrogens is 277 g/mol.